The fourth-order valence-electron chi connectivity index (χ4n) is 3.89. The summed E-state index contributed by atoms with van der Waals surface area (Å²) in [6, 6.07) is 9.29. The molecular weight excluding hydrogens is 380 g/mol. The van der Waals surface area contributed by atoms with Crippen LogP contribution in [0.3, 0.4) is 0 Å². The number of ether oxygens (including phenoxy) is 1. The molecule has 0 radical (unpaired) electrons. The van der Waals surface area contributed by atoms with E-state index in [1.807, 2.05) is 57.9 Å². The second-order valence-electron chi connectivity index (χ2n) is 8.10. The summed E-state index contributed by atoms with van der Waals surface area (Å²) in [5.74, 6) is 1.40. The Labute approximate surface area is 177 Å². The summed E-state index contributed by atoms with van der Waals surface area (Å²) in [5, 5.41) is 4.19. The number of hydrogen-bond donors (Lipinski definition) is 0. The van der Waals surface area contributed by atoms with E-state index in [9.17, 15) is 9.59 Å². The molecule has 2 aromatic rings. The smallest absolute Gasteiger partial charge is 0.253 e. The molecule has 7 nitrogen and oxygen atoms in total. The fourth-order valence-corrected chi connectivity index (χ4v) is 3.89. The van der Waals surface area contributed by atoms with Crippen molar-refractivity contribution in [3.8, 4) is 5.75 Å². The molecule has 0 N–H and O–H groups in total. The van der Waals surface area contributed by atoms with Crippen LogP contribution in [0.4, 0.5) is 0 Å². The maximum absolute atomic E-state index is 12.8. The van der Waals surface area contributed by atoms with Gasteiger partial charge in [-0.25, -0.2) is 0 Å². The van der Waals surface area contributed by atoms with Gasteiger partial charge in [0, 0.05) is 62.9 Å². The van der Waals surface area contributed by atoms with E-state index in [-0.39, 0.29) is 17.9 Å². The van der Waals surface area contributed by atoms with Crippen LogP contribution in [0.25, 0.3) is 0 Å². The maximum Gasteiger partial charge on any atom is 0.253 e. The molecule has 1 aliphatic carbocycles. The standard InChI is InChI=1S/C23H30N4O3/c1-2-25(16-17-27-13-3-12-24-27)22(28)19-6-8-20(9-7-19)30-21-10-14-26(15-11-21)23(29)18-4-5-18/h3,6-9,12-13,18,21H,2,4-5,10-11,14-17H2,1H3. The van der Waals surface area contributed by atoms with Gasteiger partial charge in [-0.15, -0.1) is 0 Å². The lowest BCUT2D eigenvalue weighted by atomic mass is 10.1. The zero-order valence-electron chi connectivity index (χ0n) is 17.6. The number of nitrogens with zero attached hydrogens (tertiary/aromatic N) is 4. The highest BCUT2D eigenvalue weighted by molar-refractivity contribution is 5.94. The number of hydrogen-bond acceptors (Lipinski definition) is 4. The summed E-state index contributed by atoms with van der Waals surface area (Å²) >= 11 is 0. The number of likely N-dealkylation sites (tertiary alicyclic amines) is 1. The largest absolute Gasteiger partial charge is 0.490 e. The van der Waals surface area contributed by atoms with E-state index in [1.165, 1.54) is 0 Å². The second kappa shape index (κ2) is 9.32. The Bertz CT molecular complexity index is 838. The Morgan fingerprint density at radius 1 is 1.13 bits per heavy atom. The lowest BCUT2D eigenvalue weighted by Crippen LogP contribution is -2.42. The van der Waals surface area contributed by atoms with Gasteiger partial charge >= 0.3 is 0 Å². The molecule has 0 spiro atoms. The molecule has 7 heteroatoms. The van der Waals surface area contributed by atoms with Gasteiger partial charge in [-0.1, -0.05) is 0 Å². The molecule has 1 aromatic carbocycles. The van der Waals surface area contributed by atoms with Gasteiger partial charge in [0.25, 0.3) is 5.91 Å². The Balaban J connectivity index is 1.26. The Morgan fingerprint density at radius 3 is 2.47 bits per heavy atom. The number of rotatable bonds is 8. The Hall–Kier alpha value is -2.83. The van der Waals surface area contributed by atoms with Crippen molar-refractivity contribution in [2.24, 2.45) is 5.92 Å². The lowest BCUT2D eigenvalue weighted by molar-refractivity contribution is -0.134. The molecular formula is C23H30N4O3. The third kappa shape index (κ3) is 5.01. The molecule has 0 unspecified atom stereocenters. The van der Waals surface area contributed by atoms with E-state index in [4.69, 9.17) is 4.74 Å². The molecule has 2 amide bonds. The third-order valence-corrected chi connectivity index (χ3v) is 5.91. The highest BCUT2D eigenvalue weighted by Gasteiger charge is 2.35. The Morgan fingerprint density at radius 2 is 1.87 bits per heavy atom. The SMILES string of the molecule is CCN(CCn1cccn1)C(=O)c1ccc(OC2CCN(C(=O)C3CC3)CC2)cc1. The summed E-state index contributed by atoms with van der Waals surface area (Å²) in [5.41, 5.74) is 0.662. The molecule has 2 heterocycles. The van der Waals surface area contributed by atoms with E-state index < -0.39 is 0 Å². The van der Waals surface area contributed by atoms with Crippen molar-refractivity contribution < 1.29 is 14.3 Å². The van der Waals surface area contributed by atoms with Gasteiger partial charge in [-0.2, -0.15) is 5.10 Å². The Kier molecular flexibility index (Phi) is 6.35. The highest BCUT2D eigenvalue weighted by Crippen LogP contribution is 2.32. The number of carbonyl (C=O) groups excluding carboxylic acids is 2. The van der Waals surface area contributed by atoms with Crippen molar-refractivity contribution in [2.45, 2.75) is 45.3 Å². The van der Waals surface area contributed by atoms with Gasteiger partial charge in [0.1, 0.15) is 11.9 Å². The van der Waals surface area contributed by atoms with E-state index in [1.54, 1.807) is 6.20 Å². The van der Waals surface area contributed by atoms with Crippen molar-refractivity contribution in [2.75, 3.05) is 26.2 Å². The van der Waals surface area contributed by atoms with Crippen LogP contribution in [-0.2, 0) is 11.3 Å². The highest BCUT2D eigenvalue weighted by atomic mass is 16.5. The molecule has 1 saturated heterocycles. The number of amides is 2. The molecule has 2 fully saturated rings. The number of benzene rings is 1. The minimum Gasteiger partial charge on any atom is -0.490 e. The molecule has 2 aliphatic rings. The zero-order valence-corrected chi connectivity index (χ0v) is 17.6. The first-order chi connectivity index (χ1) is 14.6. The van der Waals surface area contributed by atoms with Crippen LogP contribution in [-0.4, -0.2) is 63.7 Å². The monoisotopic (exact) mass is 410 g/mol. The van der Waals surface area contributed by atoms with Gasteiger partial charge in [0.2, 0.25) is 5.91 Å². The van der Waals surface area contributed by atoms with Crippen molar-refractivity contribution in [3.05, 3.63) is 48.3 Å². The molecule has 160 valence electrons. The van der Waals surface area contributed by atoms with E-state index in [0.717, 1.165) is 44.5 Å². The number of aromatic nitrogens is 2. The summed E-state index contributed by atoms with van der Waals surface area (Å²) in [6.45, 7) is 5.48. The molecule has 4 rings (SSSR count). The molecule has 1 aliphatic heterocycles. The lowest BCUT2D eigenvalue weighted by Gasteiger charge is -2.32. The number of likely N-dealkylation sites (N-methyl/N-ethyl adjacent to an activating group) is 1. The maximum atomic E-state index is 12.8. The van der Waals surface area contributed by atoms with Crippen molar-refractivity contribution in [1.29, 1.82) is 0 Å². The topological polar surface area (TPSA) is 67.7 Å². The number of piperidine rings is 1. The number of carbonyl (C=O) groups is 2. The van der Waals surface area contributed by atoms with Crippen LogP contribution in [0.5, 0.6) is 5.75 Å². The van der Waals surface area contributed by atoms with Crippen LogP contribution in [0.1, 0.15) is 43.0 Å². The first kappa shape index (κ1) is 20.4. The molecule has 30 heavy (non-hydrogen) atoms. The predicted molar refractivity (Wildman–Crippen MR) is 113 cm³/mol. The van der Waals surface area contributed by atoms with Gasteiger partial charge in [-0.05, 0) is 50.1 Å². The van der Waals surface area contributed by atoms with Gasteiger partial charge in [0.05, 0.1) is 6.54 Å². The minimum atomic E-state index is 0.0168. The van der Waals surface area contributed by atoms with Gasteiger partial charge in [0.15, 0.2) is 0 Å². The first-order valence-electron chi connectivity index (χ1n) is 11.0. The summed E-state index contributed by atoms with van der Waals surface area (Å²) in [6.07, 6.45) is 7.59. The van der Waals surface area contributed by atoms with Crippen LogP contribution >= 0.6 is 0 Å². The second-order valence-corrected chi connectivity index (χ2v) is 8.10. The van der Waals surface area contributed by atoms with Crippen molar-refractivity contribution in [3.63, 3.8) is 0 Å². The van der Waals surface area contributed by atoms with Crippen molar-refractivity contribution in [1.82, 2.24) is 19.6 Å². The van der Waals surface area contributed by atoms with Gasteiger partial charge < -0.3 is 14.5 Å². The molecule has 1 saturated carbocycles. The van der Waals surface area contributed by atoms with Crippen LogP contribution < -0.4 is 4.74 Å². The first-order valence-corrected chi connectivity index (χ1v) is 11.0. The van der Waals surface area contributed by atoms with Gasteiger partial charge in [-0.3, -0.25) is 14.3 Å². The summed E-state index contributed by atoms with van der Waals surface area (Å²) in [4.78, 5) is 28.8. The third-order valence-electron chi connectivity index (χ3n) is 5.91. The molecule has 0 atom stereocenters. The minimum absolute atomic E-state index is 0.0168. The van der Waals surface area contributed by atoms with E-state index in [0.29, 0.717) is 31.1 Å². The van der Waals surface area contributed by atoms with Crippen LogP contribution in [0.15, 0.2) is 42.7 Å². The average molecular weight is 411 g/mol. The molecule has 0 bridgehead atoms. The van der Waals surface area contributed by atoms with E-state index >= 15 is 0 Å². The van der Waals surface area contributed by atoms with Crippen LogP contribution in [0.2, 0.25) is 0 Å². The molecule has 1 aromatic heterocycles. The normalized spacial score (nSPS) is 17.0. The predicted octanol–water partition coefficient (Wildman–Crippen LogP) is 2.83. The zero-order chi connectivity index (χ0) is 20.9. The average Bonchev–Trinajstić information content (AvgIpc) is 3.50. The van der Waals surface area contributed by atoms with E-state index in [2.05, 4.69) is 5.10 Å². The quantitative estimate of drug-likeness (QED) is 0.671. The van der Waals surface area contributed by atoms with Crippen molar-refractivity contribution >= 4 is 11.8 Å². The van der Waals surface area contributed by atoms with Crippen LogP contribution in [0, 0.1) is 5.92 Å². The summed E-state index contributed by atoms with van der Waals surface area (Å²) in [7, 11) is 0. The fraction of sp³-hybridized carbons (Fsp3) is 0.522. The summed E-state index contributed by atoms with van der Waals surface area (Å²) < 4.78 is 7.93.